The highest BCUT2D eigenvalue weighted by Crippen LogP contribution is 2.25. The molecular formula is C14H19ClO2. The standard InChI is InChI=1S/C14H19ClO2/c1-11(2)10-17-14(16)9-8-13(15)12-6-4-3-5-7-12/h3-7,11,13H,8-10H2,1-2H3. The lowest BCUT2D eigenvalue weighted by atomic mass is 10.1. The second-order valence-electron chi connectivity index (χ2n) is 4.49. The molecule has 1 aromatic carbocycles. The summed E-state index contributed by atoms with van der Waals surface area (Å²) < 4.78 is 5.09. The van der Waals surface area contributed by atoms with Gasteiger partial charge in [-0.05, 0) is 17.9 Å². The van der Waals surface area contributed by atoms with Gasteiger partial charge in [0.15, 0.2) is 0 Å². The average Bonchev–Trinajstić information content (AvgIpc) is 2.34. The minimum absolute atomic E-state index is 0.122. The van der Waals surface area contributed by atoms with Gasteiger partial charge in [-0.25, -0.2) is 0 Å². The van der Waals surface area contributed by atoms with Gasteiger partial charge in [0.05, 0.1) is 12.0 Å². The molecule has 0 aromatic heterocycles. The number of esters is 1. The highest BCUT2D eigenvalue weighted by atomic mass is 35.5. The summed E-state index contributed by atoms with van der Waals surface area (Å²) in [5.41, 5.74) is 1.05. The number of halogens is 1. The highest BCUT2D eigenvalue weighted by Gasteiger charge is 2.11. The van der Waals surface area contributed by atoms with Crippen LogP contribution in [-0.2, 0) is 9.53 Å². The van der Waals surface area contributed by atoms with Gasteiger partial charge in [0.25, 0.3) is 0 Å². The molecule has 0 saturated heterocycles. The number of carbonyl (C=O) groups excluding carboxylic acids is 1. The molecular weight excluding hydrogens is 236 g/mol. The SMILES string of the molecule is CC(C)COC(=O)CCC(Cl)c1ccccc1. The number of rotatable bonds is 6. The maximum absolute atomic E-state index is 11.4. The summed E-state index contributed by atoms with van der Waals surface area (Å²) in [4.78, 5) is 11.4. The molecule has 0 heterocycles. The van der Waals surface area contributed by atoms with Crippen LogP contribution in [0.15, 0.2) is 30.3 Å². The van der Waals surface area contributed by atoms with E-state index in [1.54, 1.807) is 0 Å². The van der Waals surface area contributed by atoms with Gasteiger partial charge in [-0.15, -0.1) is 11.6 Å². The van der Waals surface area contributed by atoms with Crippen molar-refractivity contribution in [2.75, 3.05) is 6.61 Å². The van der Waals surface area contributed by atoms with Gasteiger partial charge < -0.3 is 4.74 Å². The highest BCUT2D eigenvalue weighted by molar-refractivity contribution is 6.20. The molecule has 1 aromatic rings. The molecule has 0 aliphatic heterocycles. The minimum atomic E-state index is -0.166. The predicted molar refractivity (Wildman–Crippen MR) is 70.1 cm³/mol. The predicted octanol–water partition coefficient (Wildman–Crippen LogP) is 3.95. The van der Waals surface area contributed by atoms with Crippen LogP contribution in [0.3, 0.4) is 0 Å². The third-order valence-corrected chi connectivity index (χ3v) is 2.81. The Morgan fingerprint density at radius 2 is 1.94 bits per heavy atom. The minimum Gasteiger partial charge on any atom is -0.465 e. The molecule has 0 spiro atoms. The number of hydrogen-bond donors (Lipinski definition) is 0. The normalized spacial score (nSPS) is 12.5. The summed E-state index contributed by atoms with van der Waals surface area (Å²) in [6, 6.07) is 9.78. The fraction of sp³-hybridized carbons (Fsp3) is 0.500. The van der Waals surface area contributed by atoms with Crippen molar-refractivity contribution in [1.29, 1.82) is 0 Å². The first-order valence-corrected chi connectivity index (χ1v) is 6.38. The zero-order chi connectivity index (χ0) is 12.7. The van der Waals surface area contributed by atoms with Crippen molar-refractivity contribution in [2.24, 2.45) is 5.92 Å². The monoisotopic (exact) mass is 254 g/mol. The van der Waals surface area contributed by atoms with Crippen LogP contribution in [0.4, 0.5) is 0 Å². The summed E-state index contributed by atoms with van der Waals surface area (Å²) in [7, 11) is 0. The summed E-state index contributed by atoms with van der Waals surface area (Å²) in [5, 5.41) is -0.122. The molecule has 0 aliphatic carbocycles. The van der Waals surface area contributed by atoms with E-state index < -0.39 is 0 Å². The van der Waals surface area contributed by atoms with Gasteiger partial charge in [0.2, 0.25) is 0 Å². The van der Waals surface area contributed by atoms with Crippen LogP contribution in [-0.4, -0.2) is 12.6 Å². The van der Waals surface area contributed by atoms with Gasteiger partial charge in [-0.3, -0.25) is 4.79 Å². The quantitative estimate of drug-likeness (QED) is 0.568. The van der Waals surface area contributed by atoms with Crippen molar-refractivity contribution in [1.82, 2.24) is 0 Å². The third-order valence-electron chi connectivity index (χ3n) is 2.34. The maximum atomic E-state index is 11.4. The number of hydrogen-bond acceptors (Lipinski definition) is 2. The molecule has 0 bridgehead atoms. The van der Waals surface area contributed by atoms with Gasteiger partial charge >= 0.3 is 5.97 Å². The van der Waals surface area contributed by atoms with Crippen LogP contribution in [0.2, 0.25) is 0 Å². The molecule has 1 rings (SSSR count). The Morgan fingerprint density at radius 1 is 1.29 bits per heavy atom. The topological polar surface area (TPSA) is 26.3 Å². The Bertz CT molecular complexity index is 335. The van der Waals surface area contributed by atoms with Crippen molar-refractivity contribution >= 4 is 17.6 Å². The van der Waals surface area contributed by atoms with Crippen molar-refractivity contribution in [3.63, 3.8) is 0 Å². The molecule has 17 heavy (non-hydrogen) atoms. The van der Waals surface area contributed by atoms with Crippen molar-refractivity contribution < 1.29 is 9.53 Å². The lowest BCUT2D eigenvalue weighted by Gasteiger charge is -2.10. The maximum Gasteiger partial charge on any atom is 0.305 e. The number of ether oxygens (including phenoxy) is 1. The average molecular weight is 255 g/mol. The fourth-order valence-corrected chi connectivity index (χ4v) is 1.66. The van der Waals surface area contributed by atoms with E-state index in [0.717, 1.165) is 5.56 Å². The first-order chi connectivity index (χ1) is 8.09. The summed E-state index contributed by atoms with van der Waals surface area (Å²) in [6.07, 6.45) is 0.984. The van der Waals surface area contributed by atoms with Gasteiger partial charge in [0, 0.05) is 6.42 Å². The Kier molecular flexibility index (Phi) is 6.06. The molecule has 0 aliphatic rings. The molecule has 2 nitrogen and oxygen atoms in total. The Labute approximate surface area is 108 Å². The Morgan fingerprint density at radius 3 is 2.53 bits per heavy atom. The smallest absolute Gasteiger partial charge is 0.305 e. The van der Waals surface area contributed by atoms with Crippen LogP contribution in [0.1, 0.15) is 37.6 Å². The fourth-order valence-electron chi connectivity index (χ4n) is 1.40. The van der Waals surface area contributed by atoms with E-state index in [1.807, 2.05) is 44.2 Å². The molecule has 0 fully saturated rings. The van der Waals surface area contributed by atoms with Crippen LogP contribution in [0.25, 0.3) is 0 Å². The Balaban J connectivity index is 2.29. The first-order valence-electron chi connectivity index (χ1n) is 5.94. The third kappa shape index (κ3) is 5.73. The van der Waals surface area contributed by atoms with Crippen LogP contribution >= 0.6 is 11.6 Å². The summed E-state index contributed by atoms with van der Waals surface area (Å²) >= 11 is 6.21. The summed E-state index contributed by atoms with van der Waals surface area (Å²) in [6.45, 7) is 4.51. The molecule has 0 radical (unpaired) electrons. The van der Waals surface area contributed by atoms with Gasteiger partial charge in [-0.1, -0.05) is 44.2 Å². The van der Waals surface area contributed by atoms with Crippen LogP contribution in [0, 0.1) is 5.92 Å². The van der Waals surface area contributed by atoms with Crippen molar-refractivity contribution in [2.45, 2.75) is 32.1 Å². The molecule has 0 amide bonds. The number of alkyl halides is 1. The van der Waals surface area contributed by atoms with E-state index >= 15 is 0 Å². The summed E-state index contributed by atoms with van der Waals surface area (Å²) in [5.74, 6) is 0.208. The van der Waals surface area contributed by atoms with E-state index in [0.29, 0.717) is 25.4 Å². The van der Waals surface area contributed by atoms with E-state index in [2.05, 4.69) is 0 Å². The molecule has 0 N–H and O–H groups in total. The zero-order valence-corrected chi connectivity index (χ0v) is 11.1. The van der Waals surface area contributed by atoms with E-state index in [9.17, 15) is 4.79 Å². The van der Waals surface area contributed by atoms with E-state index in [4.69, 9.17) is 16.3 Å². The zero-order valence-electron chi connectivity index (χ0n) is 10.4. The van der Waals surface area contributed by atoms with Gasteiger partial charge in [-0.2, -0.15) is 0 Å². The first kappa shape index (κ1) is 14.0. The van der Waals surface area contributed by atoms with Gasteiger partial charge in [0.1, 0.15) is 0 Å². The largest absolute Gasteiger partial charge is 0.465 e. The van der Waals surface area contributed by atoms with E-state index in [-0.39, 0.29) is 11.3 Å². The second-order valence-corrected chi connectivity index (χ2v) is 5.02. The van der Waals surface area contributed by atoms with Crippen molar-refractivity contribution in [3.05, 3.63) is 35.9 Å². The number of carbonyl (C=O) groups is 1. The molecule has 0 saturated carbocycles. The molecule has 1 atom stereocenters. The van der Waals surface area contributed by atoms with Crippen LogP contribution < -0.4 is 0 Å². The lowest BCUT2D eigenvalue weighted by molar-refractivity contribution is -0.144. The van der Waals surface area contributed by atoms with Crippen LogP contribution in [0.5, 0.6) is 0 Å². The lowest BCUT2D eigenvalue weighted by Crippen LogP contribution is -2.10. The molecule has 1 unspecified atom stereocenters. The van der Waals surface area contributed by atoms with E-state index in [1.165, 1.54) is 0 Å². The Hall–Kier alpha value is -1.02. The van der Waals surface area contributed by atoms with Crippen molar-refractivity contribution in [3.8, 4) is 0 Å². The molecule has 3 heteroatoms. The molecule has 94 valence electrons. The number of benzene rings is 1. The second kappa shape index (κ2) is 7.33.